The molecule has 2 amide bonds. The van der Waals surface area contributed by atoms with Crippen molar-refractivity contribution in [3.63, 3.8) is 0 Å². The van der Waals surface area contributed by atoms with Gasteiger partial charge in [0.2, 0.25) is 5.91 Å². The van der Waals surface area contributed by atoms with E-state index in [2.05, 4.69) is 20.5 Å². The van der Waals surface area contributed by atoms with Gasteiger partial charge in [-0.1, -0.05) is 12.1 Å². The summed E-state index contributed by atoms with van der Waals surface area (Å²) in [5.41, 5.74) is 1.81. The average Bonchev–Trinajstić information content (AvgIpc) is 3.29. The molecular weight excluding hydrogens is 523 g/mol. The van der Waals surface area contributed by atoms with Crippen molar-refractivity contribution in [2.24, 2.45) is 4.99 Å². The number of halogens is 1. The molecule has 0 radical (unpaired) electrons. The van der Waals surface area contributed by atoms with Gasteiger partial charge in [0, 0.05) is 45.5 Å². The summed E-state index contributed by atoms with van der Waals surface area (Å²) >= 11 is 0. The third-order valence-electron chi connectivity index (χ3n) is 4.93. The van der Waals surface area contributed by atoms with Gasteiger partial charge in [0.15, 0.2) is 11.7 Å². The van der Waals surface area contributed by atoms with Crippen LogP contribution in [0.3, 0.4) is 0 Å². The Labute approximate surface area is 205 Å². The van der Waals surface area contributed by atoms with Crippen molar-refractivity contribution in [1.82, 2.24) is 20.0 Å². The molecule has 0 unspecified atom stereocenters. The Morgan fingerprint density at radius 1 is 1.09 bits per heavy atom. The number of piperazine rings is 1. The monoisotopic (exact) mass is 554 g/mol. The fourth-order valence-corrected chi connectivity index (χ4v) is 3.44. The van der Waals surface area contributed by atoms with Crippen molar-refractivity contribution >= 4 is 47.4 Å². The highest BCUT2D eigenvalue weighted by atomic mass is 127. The lowest BCUT2D eigenvalue weighted by Crippen LogP contribution is -2.53. The van der Waals surface area contributed by atoms with E-state index in [0.29, 0.717) is 45.0 Å². The molecule has 10 heteroatoms. The van der Waals surface area contributed by atoms with E-state index in [9.17, 15) is 9.59 Å². The zero-order valence-corrected chi connectivity index (χ0v) is 21.0. The summed E-state index contributed by atoms with van der Waals surface area (Å²) in [5.74, 6) is 1.02. The van der Waals surface area contributed by atoms with Gasteiger partial charge >= 0.3 is 0 Å². The zero-order valence-electron chi connectivity index (χ0n) is 18.7. The van der Waals surface area contributed by atoms with E-state index < -0.39 is 0 Å². The molecule has 1 fully saturated rings. The summed E-state index contributed by atoms with van der Waals surface area (Å²) in [4.78, 5) is 34.5. The lowest BCUT2D eigenvalue weighted by Gasteiger charge is -2.36. The number of hydrogen-bond acceptors (Lipinski definition) is 5. The molecule has 1 saturated heterocycles. The summed E-state index contributed by atoms with van der Waals surface area (Å²) in [6.07, 6.45) is 1.51. The summed E-state index contributed by atoms with van der Waals surface area (Å²) in [6, 6.07) is 11.2. The molecule has 2 N–H and O–H groups in total. The second kappa shape index (κ2) is 12.4. The van der Waals surface area contributed by atoms with Crippen molar-refractivity contribution in [2.45, 2.75) is 6.54 Å². The Balaban J connectivity index is 0.00000363. The van der Waals surface area contributed by atoms with Crippen LogP contribution in [0.15, 0.2) is 52.1 Å². The molecule has 0 bridgehead atoms. The van der Waals surface area contributed by atoms with Crippen LogP contribution in [0.25, 0.3) is 0 Å². The smallest absolute Gasteiger partial charge is 0.289 e. The normalized spacial score (nSPS) is 14.2. The van der Waals surface area contributed by atoms with Crippen LogP contribution >= 0.6 is 24.0 Å². The first-order valence-corrected chi connectivity index (χ1v) is 10.3. The minimum Gasteiger partial charge on any atom is -0.459 e. The maximum absolute atomic E-state index is 12.4. The second-order valence-electron chi connectivity index (χ2n) is 7.64. The van der Waals surface area contributed by atoms with Crippen LogP contribution in [-0.4, -0.2) is 86.3 Å². The lowest BCUT2D eigenvalue weighted by molar-refractivity contribution is -0.116. The van der Waals surface area contributed by atoms with Gasteiger partial charge in [-0.2, -0.15) is 0 Å². The Morgan fingerprint density at radius 2 is 1.81 bits per heavy atom. The number of furan rings is 1. The van der Waals surface area contributed by atoms with Gasteiger partial charge in [0.25, 0.3) is 5.91 Å². The molecule has 0 atom stereocenters. The summed E-state index contributed by atoms with van der Waals surface area (Å²) in [6.45, 7) is 3.50. The van der Waals surface area contributed by atoms with E-state index in [1.54, 1.807) is 24.1 Å². The highest BCUT2D eigenvalue weighted by molar-refractivity contribution is 14.0. The third kappa shape index (κ3) is 7.23. The minimum absolute atomic E-state index is 0. The number of anilines is 1. The molecule has 0 spiro atoms. The SMILES string of the molecule is CN=C(NCc1cccc(NC(=O)CN(C)C)c1)N1CCN(C(=O)c2ccco2)CC1.I. The molecule has 0 saturated carbocycles. The quantitative estimate of drug-likeness (QED) is 0.322. The van der Waals surface area contributed by atoms with Crippen molar-refractivity contribution in [1.29, 1.82) is 0 Å². The predicted molar refractivity (Wildman–Crippen MR) is 135 cm³/mol. The third-order valence-corrected chi connectivity index (χ3v) is 4.93. The predicted octanol–water partition coefficient (Wildman–Crippen LogP) is 1.93. The van der Waals surface area contributed by atoms with E-state index in [-0.39, 0.29) is 35.8 Å². The molecule has 2 aromatic rings. The fraction of sp³-hybridized carbons (Fsp3) is 0.409. The van der Waals surface area contributed by atoms with Crippen LogP contribution in [-0.2, 0) is 11.3 Å². The first-order valence-electron chi connectivity index (χ1n) is 10.3. The van der Waals surface area contributed by atoms with Crippen LogP contribution in [0.2, 0.25) is 0 Å². The fourth-order valence-electron chi connectivity index (χ4n) is 3.44. The van der Waals surface area contributed by atoms with E-state index >= 15 is 0 Å². The number of likely N-dealkylation sites (N-methyl/N-ethyl adjacent to an activating group) is 1. The van der Waals surface area contributed by atoms with E-state index in [1.807, 2.05) is 43.3 Å². The summed E-state index contributed by atoms with van der Waals surface area (Å²) in [7, 11) is 5.47. The standard InChI is InChI=1S/C22H30N6O3.HI/c1-23-22(28-11-9-27(10-12-28)21(30)19-8-5-13-31-19)24-15-17-6-4-7-18(14-17)25-20(29)16-26(2)3;/h4-8,13-14H,9-12,15-16H2,1-3H3,(H,23,24)(H,25,29);1H. The molecule has 3 rings (SSSR count). The van der Waals surface area contributed by atoms with Gasteiger partial charge in [-0.15, -0.1) is 24.0 Å². The number of nitrogens with zero attached hydrogens (tertiary/aromatic N) is 4. The number of guanidine groups is 1. The van der Waals surface area contributed by atoms with Crippen LogP contribution in [0.4, 0.5) is 5.69 Å². The molecule has 1 aromatic heterocycles. The van der Waals surface area contributed by atoms with Crippen LogP contribution in [0.1, 0.15) is 16.1 Å². The van der Waals surface area contributed by atoms with Gasteiger partial charge in [0.05, 0.1) is 12.8 Å². The second-order valence-corrected chi connectivity index (χ2v) is 7.64. The van der Waals surface area contributed by atoms with Gasteiger partial charge in [0.1, 0.15) is 0 Å². The number of aliphatic imine (C=N–C) groups is 1. The minimum atomic E-state index is -0.0827. The average molecular weight is 554 g/mol. The number of hydrogen-bond donors (Lipinski definition) is 2. The molecule has 9 nitrogen and oxygen atoms in total. The van der Waals surface area contributed by atoms with Gasteiger partial charge in [-0.05, 0) is 43.9 Å². The first kappa shape index (κ1) is 25.7. The van der Waals surface area contributed by atoms with E-state index in [1.165, 1.54) is 6.26 Å². The van der Waals surface area contributed by atoms with Crippen molar-refractivity contribution in [2.75, 3.05) is 59.2 Å². The number of carbonyl (C=O) groups excluding carboxylic acids is 2. The Bertz CT molecular complexity index is 908. The largest absolute Gasteiger partial charge is 0.459 e. The van der Waals surface area contributed by atoms with Crippen LogP contribution in [0.5, 0.6) is 0 Å². The zero-order chi connectivity index (χ0) is 22.2. The van der Waals surface area contributed by atoms with Crippen molar-refractivity contribution in [3.8, 4) is 0 Å². The highest BCUT2D eigenvalue weighted by Gasteiger charge is 2.25. The number of rotatable bonds is 6. The maximum atomic E-state index is 12.4. The van der Waals surface area contributed by atoms with Crippen molar-refractivity contribution in [3.05, 3.63) is 54.0 Å². The number of benzene rings is 1. The summed E-state index contributed by atoms with van der Waals surface area (Å²) in [5, 5.41) is 6.28. The molecule has 174 valence electrons. The molecule has 1 aromatic carbocycles. The van der Waals surface area contributed by atoms with Crippen LogP contribution < -0.4 is 10.6 Å². The topological polar surface area (TPSA) is 93.4 Å². The summed E-state index contributed by atoms with van der Waals surface area (Å²) < 4.78 is 5.21. The van der Waals surface area contributed by atoms with Crippen LogP contribution in [0, 0.1) is 0 Å². The van der Waals surface area contributed by atoms with Crippen molar-refractivity contribution < 1.29 is 14.0 Å². The number of amides is 2. The van der Waals surface area contributed by atoms with Gasteiger partial charge in [-0.25, -0.2) is 0 Å². The number of carbonyl (C=O) groups is 2. The molecule has 2 heterocycles. The Kier molecular flexibility index (Phi) is 9.97. The van der Waals surface area contributed by atoms with E-state index in [0.717, 1.165) is 17.2 Å². The molecular formula is C22H31IN6O3. The first-order chi connectivity index (χ1) is 15.0. The maximum Gasteiger partial charge on any atom is 0.289 e. The van der Waals surface area contributed by atoms with E-state index in [4.69, 9.17) is 4.42 Å². The highest BCUT2D eigenvalue weighted by Crippen LogP contribution is 2.12. The lowest BCUT2D eigenvalue weighted by atomic mass is 10.2. The number of nitrogens with one attached hydrogen (secondary N) is 2. The molecule has 32 heavy (non-hydrogen) atoms. The molecule has 1 aliphatic rings. The molecule has 0 aliphatic carbocycles. The molecule has 1 aliphatic heterocycles. The Morgan fingerprint density at radius 3 is 2.44 bits per heavy atom. The van der Waals surface area contributed by atoms with Gasteiger partial charge < -0.3 is 29.8 Å². The Hall–Kier alpha value is -2.60. The van der Waals surface area contributed by atoms with Gasteiger partial charge in [-0.3, -0.25) is 14.6 Å².